The van der Waals surface area contributed by atoms with Crippen molar-refractivity contribution in [3.8, 4) is 17.5 Å². The number of hydrogen-bond donors (Lipinski definition) is 0. The van der Waals surface area contributed by atoms with Crippen LogP contribution in [-0.2, 0) is 6.54 Å². The first kappa shape index (κ1) is 11.2. The molecule has 2 rings (SSSR count). The van der Waals surface area contributed by atoms with Crippen LogP contribution in [0.1, 0.15) is 12.8 Å². The van der Waals surface area contributed by atoms with Gasteiger partial charge >= 0.3 is 0 Å². The molecule has 0 saturated carbocycles. The zero-order valence-corrected chi connectivity index (χ0v) is 9.04. The standard InChI is InChI=1S/C11H10FN5/c12-10-5-3-4-9(8-10)11-14-15-16-17(11)7-2-1-6-13/h3-5,8H,1-2,7H2. The summed E-state index contributed by atoms with van der Waals surface area (Å²) in [5.74, 6) is 0.191. The highest BCUT2D eigenvalue weighted by Gasteiger charge is 2.08. The molecule has 1 heterocycles. The van der Waals surface area contributed by atoms with Gasteiger partial charge in [-0.3, -0.25) is 0 Å². The molecular weight excluding hydrogens is 221 g/mol. The van der Waals surface area contributed by atoms with Crippen LogP contribution in [0.4, 0.5) is 4.39 Å². The average molecular weight is 231 g/mol. The molecule has 0 unspecified atom stereocenters. The Kier molecular flexibility index (Phi) is 3.40. The van der Waals surface area contributed by atoms with Gasteiger partial charge in [-0.15, -0.1) is 5.10 Å². The zero-order chi connectivity index (χ0) is 12.1. The topological polar surface area (TPSA) is 67.4 Å². The van der Waals surface area contributed by atoms with E-state index < -0.39 is 0 Å². The molecule has 0 aliphatic carbocycles. The first-order chi connectivity index (χ1) is 8.31. The largest absolute Gasteiger partial charge is 0.225 e. The predicted molar refractivity (Wildman–Crippen MR) is 58.1 cm³/mol. The van der Waals surface area contributed by atoms with E-state index in [0.717, 1.165) is 0 Å². The maximum absolute atomic E-state index is 13.1. The monoisotopic (exact) mass is 231 g/mol. The van der Waals surface area contributed by atoms with E-state index in [9.17, 15) is 4.39 Å². The Morgan fingerprint density at radius 1 is 1.41 bits per heavy atom. The van der Waals surface area contributed by atoms with Crippen LogP contribution in [0.15, 0.2) is 24.3 Å². The minimum Gasteiger partial charge on any atom is -0.225 e. The third-order valence-electron chi connectivity index (χ3n) is 2.27. The van der Waals surface area contributed by atoms with Gasteiger partial charge in [0.15, 0.2) is 5.82 Å². The third-order valence-corrected chi connectivity index (χ3v) is 2.27. The van der Waals surface area contributed by atoms with Crippen molar-refractivity contribution < 1.29 is 4.39 Å². The number of aryl methyl sites for hydroxylation is 1. The van der Waals surface area contributed by atoms with E-state index in [0.29, 0.717) is 30.8 Å². The fraction of sp³-hybridized carbons (Fsp3) is 0.273. The summed E-state index contributed by atoms with van der Waals surface area (Å²) in [6.07, 6.45) is 1.12. The van der Waals surface area contributed by atoms with Crippen molar-refractivity contribution in [3.05, 3.63) is 30.1 Å². The summed E-state index contributed by atoms with van der Waals surface area (Å²) >= 11 is 0. The predicted octanol–water partition coefficient (Wildman–Crippen LogP) is 1.78. The minimum atomic E-state index is -0.325. The van der Waals surface area contributed by atoms with Gasteiger partial charge in [0.2, 0.25) is 0 Å². The van der Waals surface area contributed by atoms with Gasteiger partial charge in [-0.1, -0.05) is 12.1 Å². The molecule has 86 valence electrons. The maximum atomic E-state index is 13.1. The van der Waals surface area contributed by atoms with Crippen LogP contribution < -0.4 is 0 Å². The van der Waals surface area contributed by atoms with Crippen LogP contribution in [0, 0.1) is 17.1 Å². The van der Waals surface area contributed by atoms with Crippen molar-refractivity contribution in [1.29, 1.82) is 5.26 Å². The Bertz CT molecular complexity index is 543. The van der Waals surface area contributed by atoms with Crippen LogP contribution in [0.5, 0.6) is 0 Å². The van der Waals surface area contributed by atoms with Gasteiger partial charge in [0.1, 0.15) is 5.82 Å². The van der Waals surface area contributed by atoms with Gasteiger partial charge in [-0.25, -0.2) is 9.07 Å². The van der Waals surface area contributed by atoms with Crippen LogP contribution in [0.3, 0.4) is 0 Å². The summed E-state index contributed by atoms with van der Waals surface area (Å²) in [7, 11) is 0. The fourth-order valence-electron chi connectivity index (χ4n) is 1.50. The molecule has 17 heavy (non-hydrogen) atoms. The van der Waals surface area contributed by atoms with Gasteiger partial charge in [0.25, 0.3) is 0 Å². The Morgan fingerprint density at radius 2 is 2.29 bits per heavy atom. The molecular formula is C11H10FN5. The van der Waals surface area contributed by atoms with Crippen molar-refractivity contribution in [2.24, 2.45) is 0 Å². The molecule has 5 nitrogen and oxygen atoms in total. The van der Waals surface area contributed by atoms with Crippen LogP contribution in [0.2, 0.25) is 0 Å². The normalized spacial score (nSPS) is 10.1. The van der Waals surface area contributed by atoms with Crippen LogP contribution in [-0.4, -0.2) is 20.2 Å². The molecule has 1 aromatic heterocycles. The summed E-state index contributed by atoms with van der Waals surface area (Å²) < 4.78 is 14.7. The Labute approximate surface area is 97.5 Å². The second-order valence-corrected chi connectivity index (χ2v) is 3.50. The maximum Gasteiger partial charge on any atom is 0.182 e. The van der Waals surface area contributed by atoms with Gasteiger partial charge in [-0.05, 0) is 29.0 Å². The number of rotatable bonds is 4. The van der Waals surface area contributed by atoms with E-state index in [1.54, 1.807) is 16.8 Å². The smallest absolute Gasteiger partial charge is 0.182 e. The van der Waals surface area contributed by atoms with Gasteiger partial charge in [0, 0.05) is 18.5 Å². The molecule has 2 aromatic rings. The second-order valence-electron chi connectivity index (χ2n) is 3.50. The molecule has 0 atom stereocenters. The van der Waals surface area contributed by atoms with Crippen molar-refractivity contribution in [2.45, 2.75) is 19.4 Å². The van der Waals surface area contributed by atoms with E-state index >= 15 is 0 Å². The molecule has 0 radical (unpaired) electrons. The summed E-state index contributed by atoms with van der Waals surface area (Å²) in [6, 6.07) is 8.16. The first-order valence-electron chi connectivity index (χ1n) is 5.20. The van der Waals surface area contributed by atoms with E-state index in [1.807, 2.05) is 0 Å². The summed E-state index contributed by atoms with van der Waals surface area (Å²) in [6.45, 7) is 0.548. The van der Waals surface area contributed by atoms with Crippen molar-refractivity contribution in [1.82, 2.24) is 20.2 Å². The number of benzene rings is 1. The quantitative estimate of drug-likeness (QED) is 0.752. The first-order valence-corrected chi connectivity index (χ1v) is 5.20. The molecule has 0 aliphatic heterocycles. The molecule has 0 amide bonds. The molecule has 0 saturated heterocycles. The number of nitriles is 1. The SMILES string of the molecule is N#CCCCn1nnnc1-c1cccc(F)c1. The van der Waals surface area contributed by atoms with Crippen molar-refractivity contribution >= 4 is 0 Å². The van der Waals surface area contributed by atoms with Crippen LogP contribution >= 0.6 is 0 Å². The number of tetrazole rings is 1. The van der Waals surface area contributed by atoms with Crippen molar-refractivity contribution in [3.63, 3.8) is 0 Å². The number of nitrogens with zero attached hydrogens (tertiary/aromatic N) is 5. The number of hydrogen-bond acceptors (Lipinski definition) is 4. The molecule has 0 aliphatic rings. The Hall–Kier alpha value is -2.29. The van der Waals surface area contributed by atoms with E-state index in [-0.39, 0.29) is 5.82 Å². The summed E-state index contributed by atoms with van der Waals surface area (Å²) in [5.41, 5.74) is 0.631. The summed E-state index contributed by atoms with van der Waals surface area (Å²) in [5, 5.41) is 19.7. The van der Waals surface area contributed by atoms with Gasteiger partial charge in [0.05, 0.1) is 6.07 Å². The van der Waals surface area contributed by atoms with Gasteiger partial charge in [-0.2, -0.15) is 5.26 Å². The Balaban J connectivity index is 2.22. The molecule has 0 fully saturated rings. The second kappa shape index (κ2) is 5.16. The lowest BCUT2D eigenvalue weighted by Crippen LogP contribution is -2.03. The molecule has 6 heteroatoms. The molecule has 1 aromatic carbocycles. The zero-order valence-electron chi connectivity index (χ0n) is 9.04. The number of unbranched alkanes of at least 4 members (excludes halogenated alkanes) is 1. The fourth-order valence-corrected chi connectivity index (χ4v) is 1.50. The highest BCUT2D eigenvalue weighted by atomic mass is 19.1. The molecule has 0 N–H and O–H groups in total. The molecule has 0 bridgehead atoms. The van der Waals surface area contributed by atoms with Crippen LogP contribution in [0.25, 0.3) is 11.4 Å². The minimum absolute atomic E-state index is 0.325. The number of aromatic nitrogens is 4. The highest BCUT2D eigenvalue weighted by Crippen LogP contribution is 2.16. The van der Waals surface area contributed by atoms with Crippen molar-refractivity contribution in [2.75, 3.05) is 0 Å². The van der Waals surface area contributed by atoms with E-state index in [2.05, 4.69) is 21.6 Å². The third kappa shape index (κ3) is 2.64. The van der Waals surface area contributed by atoms with Gasteiger partial charge < -0.3 is 0 Å². The highest BCUT2D eigenvalue weighted by molar-refractivity contribution is 5.54. The summed E-state index contributed by atoms with van der Waals surface area (Å²) in [4.78, 5) is 0. The lowest BCUT2D eigenvalue weighted by Gasteiger charge is -2.02. The Morgan fingerprint density at radius 3 is 3.06 bits per heavy atom. The lowest BCUT2D eigenvalue weighted by atomic mass is 10.2. The lowest BCUT2D eigenvalue weighted by molar-refractivity contribution is 0.568. The van der Waals surface area contributed by atoms with E-state index in [1.165, 1.54) is 12.1 Å². The average Bonchev–Trinajstić information content (AvgIpc) is 2.78. The number of halogens is 1. The molecule has 0 spiro atoms. The van der Waals surface area contributed by atoms with E-state index in [4.69, 9.17) is 5.26 Å².